The number of piperazine rings is 1. The Morgan fingerprint density at radius 3 is 2.48 bits per heavy atom. The van der Waals surface area contributed by atoms with Crippen molar-refractivity contribution in [1.29, 1.82) is 0 Å². The fourth-order valence-corrected chi connectivity index (χ4v) is 2.66. The zero-order valence-electron chi connectivity index (χ0n) is 12.8. The lowest BCUT2D eigenvalue weighted by molar-refractivity contribution is 0.0871. The summed E-state index contributed by atoms with van der Waals surface area (Å²) in [5, 5.41) is 20.2. The molecule has 0 saturated carbocycles. The van der Waals surface area contributed by atoms with Crippen LogP contribution in [0.15, 0.2) is 12.1 Å². The number of hydrogen-bond donors (Lipinski definition) is 2. The number of carbonyl (C=O) groups excluding carboxylic acids is 1. The maximum Gasteiger partial charge on any atom is 0.184 e. The number of phenolic OH excluding ortho intramolecular Hbond substituents is 2. The summed E-state index contributed by atoms with van der Waals surface area (Å²) in [7, 11) is 2.06. The van der Waals surface area contributed by atoms with Crippen LogP contribution in [0.5, 0.6) is 11.5 Å². The Kier molecular flexibility index (Phi) is 5.20. The van der Waals surface area contributed by atoms with Gasteiger partial charge in [-0.05, 0) is 25.1 Å². The van der Waals surface area contributed by atoms with E-state index in [1.807, 2.05) is 6.92 Å². The van der Waals surface area contributed by atoms with Gasteiger partial charge in [0.15, 0.2) is 5.78 Å². The first-order valence-corrected chi connectivity index (χ1v) is 7.50. The van der Waals surface area contributed by atoms with E-state index in [1.165, 1.54) is 6.07 Å². The lowest BCUT2D eigenvalue weighted by Gasteiger charge is -2.31. The van der Waals surface area contributed by atoms with Crippen LogP contribution < -0.4 is 0 Å². The van der Waals surface area contributed by atoms with Gasteiger partial charge in [0.1, 0.15) is 17.1 Å². The van der Waals surface area contributed by atoms with Gasteiger partial charge in [0.05, 0.1) is 6.54 Å². The molecule has 1 heterocycles. The van der Waals surface area contributed by atoms with Crippen LogP contribution in [0.3, 0.4) is 0 Å². The van der Waals surface area contributed by atoms with Crippen molar-refractivity contribution in [1.82, 2.24) is 9.80 Å². The molecule has 0 amide bonds. The van der Waals surface area contributed by atoms with Crippen LogP contribution >= 0.6 is 0 Å². The number of likely N-dealkylation sites (N-methyl/N-ethyl adjacent to an activating group) is 1. The molecule has 2 N–H and O–H groups in total. The van der Waals surface area contributed by atoms with E-state index in [-0.39, 0.29) is 29.4 Å². The largest absolute Gasteiger partial charge is 0.507 e. The molecule has 5 heteroatoms. The van der Waals surface area contributed by atoms with Gasteiger partial charge in [-0.3, -0.25) is 9.69 Å². The van der Waals surface area contributed by atoms with Crippen molar-refractivity contribution in [2.24, 2.45) is 0 Å². The molecular formula is C16H24N2O3. The van der Waals surface area contributed by atoms with Gasteiger partial charge < -0.3 is 15.1 Å². The number of hydrogen-bond acceptors (Lipinski definition) is 5. The number of aryl methyl sites for hydroxylation is 1. The minimum Gasteiger partial charge on any atom is -0.507 e. The number of ketones is 1. The molecule has 21 heavy (non-hydrogen) atoms. The summed E-state index contributed by atoms with van der Waals surface area (Å²) < 4.78 is 0. The second-order valence-corrected chi connectivity index (χ2v) is 5.72. The van der Waals surface area contributed by atoms with Crippen LogP contribution in [0.2, 0.25) is 0 Å². The molecule has 5 nitrogen and oxygen atoms in total. The number of carbonyl (C=O) groups is 1. The molecule has 116 valence electrons. The highest BCUT2D eigenvalue weighted by Gasteiger charge is 2.23. The quantitative estimate of drug-likeness (QED) is 0.805. The number of phenols is 2. The van der Waals surface area contributed by atoms with Gasteiger partial charge in [-0.2, -0.15) is 0 Å². The van der Waals surface area contributed by atoms with Crippen molar-refractivity contribution >= 4 is 5.78 Å². The highest BCUT2D eigenvalue weighted by Crippen LogP contribution is 2.32. The molecule has 0 spiro atoms. The number of Topliss-reactive ketones (excluding diaryl/α,β-unsaturated/α-hetero) is 1. The molecule has 0 unspecified atom stereocenters. The maximum absolute atomic E-state index is 12.4. The molecule has 1 aliphatic rings. The molecule has 0 atom stereocenters. The summed E-state index contributed by atoms with van der Waals surface area (Å²) in [6.45, 7) is 5.78. The molecule has 2 rings (SSSR count). The van der Waals surface area contributed by atoms with Crippen molar-refractivity contribution in [2.45, 2.75) is 19.8 Å². The molecule has 0 aliphatic carbocycles. The summed E-state index contributed by atoms with van der Waals surface area (Å²) >= 11 is 0. The zero-order chi connectivity index (χ0) is 15.4. The van der Waals surface area contributed by atoms with E-state index in [4.69, 9.17) is 0 Å². The third kappa shape index (κ3) is 3.74. The topological polar surface area (TPSA) is 64.0 Å². The van der Waals surface area contributed by atoms with E-state index in [9.17, 15) is 15.0 Å². The number of nitrogens with zero attached hydrogens (tertiary/aromatic N) is 2. The molecule has 1 aromatic carbocycles. The molecule has 0 bridgehead atoms. The highest BCUT2D eigenvalue weighted by atomic mass is 16.3. The Bertz CT molecular complexity index is 508. The van der Waals surface area contributed by atoms with Crippen molar-refractivity contribution in [3.63, 3.8) is 0 Å². The van der Waals surface area contributed by atoms with E-state index in [2.05, 4.69) is 16.8 Å². The maximum atomic E-state index is 12.4. The van der Waals surface area contributed by atoms with E-state index in [1.54, 1.807) is 6.07 Å². The average Bonchev–Trinajstić information content (AvgIpc) is 2.45. The van der Waals surface area contributed by atoms with Crippen molar-refractivity contribution in [3.8, 4) is 11.5 Å². The van der Waals surface area contributed by atoms with Crippen LogP contribution in [0.1, 0.15) is 29.3 Å². The van der Waals surface area contributed by atoms with Crippen molar-refractivity contribution in [2.75, 3.05) is 39.8 Å². The van der Waals surface area contributed by atoms with E-state index >= 15 is 0 Å². The lowest BCUT2D eigenvalue weighted by atomic mass is 10.0. The first kappa shape index (κ1) is 15.8. The second kappa shape index (κ2) is 6.91. The smallest absolute Gasteiger partial charge is 0.184 e. The van der Waals surface area contributed by atoms with Gasteiger partial charge in [0, 0.05) is 26.2 Å². The Labute approximate surface area is 125 Å². The highest BCUT2D eigenvalue weighted by molar-refractivity contribution is 6.02. The molecule has 1 aromatic rings. The Balaban J connectivity index is 2.13. The molecule has 0 aromatic heterocycles. The predicted molar refractivity (Wildman–Crippen MR) is 82.0 cm³/mol. The SMILES string of the molecule is CCCc1ccc(O)c(C(=O)CN2CCN(C)CC2)c1O. The minimum atomic E-state index is -0.215. The van der Waals surface area contributed by atoms with Gasteiger partial charge in [0.25, 0.3) is 0 Å². The first-order valence-electron chi connectivity index (χ1n) is 7.50. The molecule has 0 radical (unpaired) electrons. The minimum absolute atomic E-state index is 0.0593. The van der Waals surface area contributed by atoms with E-state index in [0.29, 0.717) is 6.42 Å². The molecule has 1 saturated heterocycles. The van der Waals surface area contributed by atoms with Crippen LogP contribution in [0, 0.1) is 0 Å². The normalized spacial score (nSPS) is 17.0. The third-order valence-electron chi connectivity index (χ3n) is 4.00. The Morgan fingerprint density at radius 1 is 1.19 bits per heavy atom. The predicted octanol–water partition coefficient (Wildman–Crippen LogP) is 1.48. The fraction of sp³-hybridized carbons (Fsp3) is 0.562. The van der Waals surface area contributed by atoms with Gasteiger partial charge in [-0.15, -0.1) is 0 Å². The third-order valence-corrected chi connectivity index (χ3v) is 4.00. The van der Waals surface area contributed by atoms with Crippen LogP contribution in [0.25, 0.3) is 0 Å². The van der Waals surface area contributed by atoms with Gasteiger partial charge in [-0.1, -0.05) is 19.4 Å². The van der Waals surface area contributed by atoms with Crippen LogP contribution in [-0.4, -0.2) is 65.6 Å². The van der Waals surface area contributed by atoms with E-state index < -0.39 is 0 Å². The van der Waals surface area contributed by atoms with Crippen molar-refractivity contribution < 1.29 is 15.0 Å². The number of aromatic hydroxyl groups is 2. The average molecular weight is 292 g/mol. The second-order valence-electron chi connectivity index (χ2n) is 5.72. The van der Waals surface area contributed by atoms with Crippen LogP contribution in [-0.2, 0) is 6.42 Å². The summed E-state index contributed by atoms with van der Waals surface area (Å²) in [5.74, 6) is -0.407. The lowest BCUT2D eigenvalue weighted by Crippen LogP contribution is -2.46. The van der Waals surface area contributed by atoms with Crippen molar-refractivity contribution in [3.05, 3.63) is 23.3 Å². The Hall–Kier alpha value is -1.59. The summed E-state index contributed by atoms with van der Waals surface area (Å²) in [6.07, 6.45) is 1.57. The van der Waals surface area contributed by atoms with Crippen LogP contribution in [0.4, 0.5) is 0 Å². The van der Waals surface area contributed by atoms with Gasteiger partial charge in [-0.25, -0.2) is 0 Å². The summed E-state index contributed by atoms with van der Waals surface area (Å²) in [5.41, 5.74) is 0.789. The first-order chi connectivity index (χ1) is 10.0. The Morgan fingerprint density at radius 2 is 1.86 bits per heavy atom. The standard InChI is InChI=1S/C16H24N2O3/c1-3-4-12-5-6-13(19)15(16(12)21)14(20)11-18-9-7-17(2)8-10-18/h5-6,19,21H,3-4,7-11H2,1-2H3. The summed E-state index contributed by atoms with van der Waals surface area (Å²) in [6, 6.07) is 3.18. The fourth-order valence-electron chi connectivity index (χ4n) is 2.66. The molecular weight excluding hydrogens is 268 g/mol. The zero-order valence-corrected chi connectivity index (χ0v) is 12.8. The molecule has 1 aliphatic heterocycles. The van der Waals surface area contributed by atoms with Gasteiger partial charge >= 0.3 is 0 Å². The van der Waals surface area contributed by atoms with Gasteiger partial charge in [0.2, 0.25) is 0 Å². The summed E-state index contributed by atoms with van der Waals surface area (Å²) in [4.78, 5) is 16.7. The monoisotopic (exact) mass is 292 g/mol. The molecule has 1 fully saturated rings. The number of rotatable bonds is 5. The number of benzene rings is 1. The van der Waals surface area contributed by atoms with E-state index in [0.717, 1.165) is 38.2 Å².